The summed E-state index contributed by atoms with van der Waals surface area (Å²) >= 11 is 5.99. The highest BCUT2D eigenvalue weighted by Gasteiger charge is 2.24. The van der Waals surface area contributed by atoms with E-state index in [0.717, 1.165) is 25.9 Å². The average molecular weight is 339 g/mol. The first-order valence-corrected chi connectivity index (χ1v) is 8.41. The number of carbonyl (C=O) groups is 2. The molecule has 6 heteroatoms. The minimum absolute atomic E-state index is 0.00293. The Hall–Kier alpha value is -1.75. The average Bonchev–Trinajstić information content (AvgIpc) is 3.06. The number of nitrogens with zero attached hydrogens (tertiary/aromatic N) is 1. The van der Waals surface area contributed by atoms with E-state index in [9.17, 15) is 9.59 Å². The van der Waals surface area contributed by atoms with Crippen molar-refractivity contribution >= 4 is 23.4 Å². The molecule has 2 rings (SSSR count). The van der Waals surface area contributed by atoms with Crippen molar-refractivity contribution in [2.24, 2.45) is 0 Å². The Morgan fingerprint density at radius 1 is 1.30 bits per heavy atom. The molecule has 0 unspecified atom stereocenters. The third-order valence-electron chi connectivity index (χ3n) is 3.81. The summed E-state index contributed by atoms with van der Waals surface area (Å²) in [6.45, 7) is 3.74. The summed E-state index contributed by atoms with van der Waals surface area (Å²) in [6.07, 6.45) is 2.99. The number of halogens is 1. The Labute approximate surface area is 141 Å². The van der Waals surface area contributed by atoms with Gasteiger partial charge in [0.2, 0.25) is 11.8 Å². The van der Waals surface area contributed by atoms with Gasteiger partial charge in [0.05, 0.1) is 11.6 Å². The molecule has 1 atom stereocenters. The predicted octanol–water partition coefficient (Wildman–Crippen LogP) is 2.63. The molecule has 126 valence electrons. The highest BCUT2D eigenvalue weighted by molar-refractivity contribution is 6.32. The fraction of sp³-hybridized carbons (Fsp3) is 0.529. The SMILES string of the molecule is C[C@@H](NC(=O)CCCOc1ccccc1Cl)C(=O)N1CCCC1. The van der Waals surface area contributed by atoms with E-state index in [1.54, 1.807) is 19.1 Å². The fourth-order valence-electron chi connectivity index (χ4n) is 2.56. The van der Waals surface area contributed by atoms with E-state index in [-0.39, 0.29) is 11.8 Å². The van der Waals surface area contributed by atoms with E-state index in [2.05, 4.69) is 5.32 Å². The number of para-hydroxylation sites is 1. The maximum Gasteiger partial charge on any atom is 0.244 e. The molecule has 1 saturated heterocycles. The van der Waals surface area contributed by atoms with Gasteiger partial charge in [-0.1, -0.05) is 23.7 Å². The van der Waals surface area contributed by atoms with Crippen LogP contribution < -0.4 is 10.1 Å². The van der Waals surface area contributed by atoms with Crippen LogP contribution in [0.3, 0.4) is 0 Å². The lowest BCUT2D eigenvalue weighted by atomic mass is 10.2. The number of rotatable bonds is 7. The highest BCUT2D eigenvalue weighted by atomic mass is 35.5. The molecule has 0 radical (unpaired) electrons. The van der Waals surface area contributed by atoms with Gasteiger partial charge in [0, 0.05) is 19.5 Å². The number of benzene rings is 1. The lowest BCUT2D eigenvalue weighted by Crippen LogP contribution is -2.45. The van der Waals surface area contributed by atoms with E-state index in [0.29, 0.717) is 30.2 Å². The standard InChI is InChI=1S/C17H23ClN2O3/c1-13(17(22)20-10-4-5-11-20)19-16(21)9-6-12-23-15-8-3-2-7-14(15)18/h2-3,7-8,13H,4-6,9-12H2,1H3,(H,19,21)/t13-/m1/s1. The molecule has 0 bridgehead atoms. The quantitative estimate of drug-likeness (QED) is 0.777. The first kappa shape index (κ1) is 17.6. The molecule has 1 aliphatic rings. The molecule has 0 aliphatic carbocycles. The largest absolute Gasteiger partial charge is 0.492 e. The number of nitrogens with one attached hydrogen (secondary N) is 1. The molecule has 23 heavy (non-hydrogen) atoms. The molecule has 1 aromatic rings. The maximum atomic E-state index is 12.1. The van der Waals surface area contributed by atoms with Crippen LogP contribution in [0.4, 0.5) is 0 Å². The van der Waals surface area contributed by atoms with Crippen LogP contribution in [0.2, 0.25) is 5.02 Å². The number of hydrogen-bond donors (Lipinski definition) is 1. The summed E-state index contributed by atoms with van der Waals surface area (Å²) in [5.41, 5.74) is 0. The third kappa shape index (κ3) is 5.43. The fourth-order valence-corrected chi connectivity index (χ4v) is 2.75. The van der Waals surface area contributed by atoms with Crippen LogP contribution in [0.5, 0.6) is 5.75 Å². The number of amides is 2. The van der Waals surface area contributed by atoms with Gasteiger partial charge in [-0.2, -0.15) is 0 Å². The van der Waals surface area contributed by atoms with E-state index < -0.39 is 6.04 Å². The molecule has 2 amide bonds. The Morgan fingerprint density at radius 3 is 2.70 bits per heavy atom. The number of ether oxygens (including phenoxy) is 1. The van der Waals surface area contributed by atoms with Crippen LogP contribution in [0.25, 0.3) is 0 Å². The molecule has 1 N–H and O–H groups in total. The number of hydrogen-bond acceptors (Lipinski definition) is 3. The summed E-state index contributed by atoms with van der Waals surface area (Å²) in [5.74, 6) is 0.489. The lowest BCUT2D eigenvalue weighted by molar-refractivity contribution is -0.135. The van der Waals surface area contributed by atoms with Gasteiger partial charge in [-0.3, -0.25) is 9.59 Å². The van der Waals surface area contributed by atoms with Crippen molar-refractivity contribution in [2.75, 3.05) is 19.7 Å². The Kier molecular flexibility index (Phi) is 6.71. The monoisotopic (exact) mass is 338 g/mol. The van der Waals surface area contributed by atoms with Crippen molar-refractivity contribution in [1.82, 2.24) is 10.2 Å². The Morgan fingerprint density at radius 2 is 2.00 bits per heavy atom. The molecular weight excluding hydrogens is 316 g/mol. The van der Waals surface area contributed by atoms with Crippen molar-refractivity contribution < 1.29 is 14.3 Å². The van der Waals surface area contributed by atoms with E-state index in [4.69, 9.17) is 16.3 Å². The third-order valence-corrected chi connectivity index (χ3v) is 4.12. The van der Waals surface area contributed by atoms with Crippen LogP contribution >= 0.6 is 11.6 Å². The normalized spacial score (nSPS) is 15.3. The Balaban J connectivity index is 1.64. The second-order valence-corrected chi connectivity index (χ2v) is 6.11. The van der Waals surface area contributed by atoms with Crippen LogP contribution in [0, 0.1) is 0 Å². The van der Waals surface area contributed by atoms with Crippen LogP contribution in [-0.4, -0.2) is 42.5 Å². The second kappa shape index (κ2) is 8.77. The zero-order valence-corrected chi connectivity index (χ0v) is 14.1. The highest BCUT2D eigenvalue weighted by Crippen LogP contribution is 2.23. The van der Waals surface area contributed by atoms with Gasteiger partial charge in [0.15, 0.2) is 0 Å². The zero-order chi connectivity index (χ0) is 16.7. The molecule has 1 heterocycles. The summed E-state index contributed by atoms with van der Waals surface area (Å²) in [5, 5.41) is 3.31. The smallest absolute Gasteiger partial charge is 0.244 e. The lowest BCUT2D eigenvalue weighted by Gasteiger charge is -2.21. The van der Waals surface area contributed by atoms with Gasteiger partial charge in [0.25, 0.3) is 0 Å². The Bertz CT molecular complexity index is 544. The maximum absolute atomic E-state index is 12.1. The molecule has 0 aromatic heterocycles. The van der Waals surface area contributed by atoms with Crippen molar-refractivity contribution in [3.05, 3.63) is 29.3 Å². The number of likely N-dealkylation sites (tertiary alicyclic amines) is 1. The molecule has 5 nitrogen and oxygen atoms in total. The second-order valence-electron chi connectivity index (χ2n) is 5.70. The number of carbonyl (C=O) groups excluding carboxylic acids is 2. The molecular formula is C17H23ClN2O3. The van der Waals surface area contributed by atoms with Crippen LogP contribution in [-0.2, 0) is 9.59 Å². The molecule has 1 fully saturated rings. The first-order chi connectivity index (χ1) is 11.1. The topological polar surface area (TPSA) is 58.6 Å². The molecule has 0 spiro atoms. The van der Waals surface area contributed by atoms with Crippen molar-refractivity contribution in [3.8, 4) is 5.75 Å². The van der Waals surface area contributed by atoms with Gasteiger partial charge in [0.1, 0.15) is 11.8 Å². The predicted molar refractivity (Wildman–Crippen MR) is 89.6 cm³/mol. The minimum atomic E-state index is -0.468. The van der Waals surface area contributed by atoms with Gasteiger partial charge in [-0.05, 0) is 38.3 Å². The van der Waals surface area contributed by atoms with Crippen LogP contribution in [0.1, 0.15) is 32.6 Å². The van der Waals surface area contributed by atoms with Gasteiger partial charge in [-0.25, -0.2) is 0 Å². The first-order valence-electron chi connectivity index (χ1n) is 8.03. The summed E-state index contributed by atoms with van der Waals surface area (Å²) < 4.78 is 5.53. The van der Waals surface area contributed by atoms with Gasteiger partial charge >= 0.3 is 0 Å². The summed E-state index contributed by atoms with van der Waals surface area (Å²) in [7, 11) is 0. The summed E-state index contributed by atoms with van der Waals surface area (Å²) in [4.78, 5) is 25.8. The van der Waals surface area contributed by atoms with E-state index >= 15 is 0 Å². The zero-order valence-electron chi connectivity index (χ0n) is 13.4. The van der Waals surface area contributed by atoms with Crippen molar-refractivity contribution in [1.29, 1.82) is 0 Å². The van der Waals surface area contributed by atoms with Gasteiger partial charge < -0.3 is 15.0 Å². The van der Waals surface area contributed by atoms with Gasteiger partial charge in [-0.15, -0.1) is 0 Å². The molecule has 1 aliphatic heterocycles. The molecule has 1 aromatic carbocycles. The summed E-state index contributed by atoms with van der Waals surface area (Å²) in [6, 6.07) is 6.76. The van der Waals surface area contributed by atoms with E-state index in [1.165, 1.54) is 0 Å². The minimum Gasteiger partial charge on any atom is -0.492 e. The van der Waals surface area contributed by atoms with E-state index in [1.807, 2.05) is 17.0 Å². The molecule has 0 saturated carbocycles. The van der Waals surface area contributed by atoms with Crippen molar-refractivity contribution in [3.63, 3.8) is 0 Å². The van der Waals surface area contributed by atoms with Crippen molar-refractivity contribution in [2.45, 2.75) is 38.6 Å². The van der Waals surface area contributed by atoms with Crippen LogP contribution in [0.15, 0.2) is 24.3 Å².